The number of carbonyl (C=O) groups is 2. The topological polar surface area (TPSA) is 66.8 Å². The number of hydrogen-bond donors (Lipinski definition) is 1. The van der Waals surface area contributed by atoms with E-state index in [9.17, 15) is 14.0 Å². The number of amides is 1. The van der Waals surface area contributed by atoms with Crippen molar-refractivity contribution >= 4 is 11.9 Å². The summed E-state index contributed by atoms with van der Waals surface area (Å²) in [6, 6.07) is 4.11. The zero-order valence-corrected chi connectivity index (χ0v) is 12.5. The third kappa shape index (κ3) is 4.27. The lowest BCUT2D eigenvalue weighted by Gasteiger charge is -2.34. The van der Waals surface area contributed by atoms with Crippen LogP contribution in [-0.4, -0.2) is 47.7 Å². The van der Waals surface area contributed by atoms with E-state index in [1.807, 2.05) is 0 Å². The van der Waals surface area contributed by atoms with Gasteiger partial charge in [0, 0.05) is 31.4 Å². The molecule has 1 aliphatic heterocycles. The summed E-state index contributed by atoms with van der Waals surface area (Å²) in [7, 11) is 0. The van der Waals surface area contributed by atoms with Gasteiger partial charge in [0.05, 0.1) is 6.42 Å². The normalized spacial score (nSPS) is 15.5. The van der Waals surface area contributed by atoms with Gasteiger partial charge in [0.15, 0.2) is 0 Å². The highest BCUT2D eigenvalue weighted by Crippen LogP contribution is 2.19. The number of carboxylic acids is 1. The van der Waals surface area contributed by atoms with Crippen molar-refractivity contribution in [1.82, 2.24) is 4.90 Å². The molecule has 1 N–H and O–H groups in total. The van der Waals surface area contributed by atoms with E-state index in [0.717, 1.165) is 0 Å². The molecule has 1 aliphatic rings. The first-order valence-electron chi connectivity index (χ1n) is 7.35. The van der Waals surface area contributed by atoms with Crippen molar-refractivity contribution in [3.8, 4) is 0 Å². The minimum atomic E-state index is -0.958. The third-order valence-corrected chi connectivity index (χ3v) is 3.75. The molecule has 1 heterocycles. The van der Waals surface area contributed by atoms with Crippen LogP contribution in [0.2, 0.25) is 0 Å². The Labute approximate surface area is 128 Å². The number of hydrogen-bond acceptors (Lipinski definition) is 3. The molecule has 0 spiro atoms. The van der Waals surface area contributed by atoms with E-state index >= 15 is 0 Å². The number of halogens is 1. The number of aliphatic carboxylic acids is 1. The largest absolute Gasteiger partial charge is 0.481 e. The SMILES string of the molecule is Cc1cc(F)cc(C(=O)N(CCC(=O)O)C2CCOCC2)c1. The maximum atomic E-state index is 13.5. The molecule has 0 atom stereocenters. The molecule has 5 nitrogen and oxygen atoms in total. The number of benzene rings is 1. The van der Waals surface area contributed by atoms with Crippen molar-refractivity contribution in [2.75, 3.05) is 19.8 Å². The van der Waals surface area contributed by atoms with E-state index in [0.29, 0.717) is 31.6 Å². The van der Waals surface area contributed by atoms with Crippen LogP contribution in [0.5, 0.6) is 0 Å². The Morgan fingerprint density at radius 2 is 2.00 bits per heavy atom. The van der Waals surface area contributed by atoms with Gasteiger partial charge in [0.1, 0.15) is 5.82 Å². The number of aryl methyl sites for hydroxylation is 1. The molecule has 0 radical (unpaired) electrons. The molecule has 0 unspecified atom stereocenters. The van der Waals surface area contributed by atoms with Crippen LogP contribution >= 0.6 is 0 Å². The first kappa shape index (κ1) is 16.4. The predicted molar refractivity (Wildman–Crippen MR) is 78.3 cm³/mol. The van der Waals surface area contributed by atoms with E-state index < -0.39 is 11.8 Å². The molecule has 120 valence electrons. The van der Waals surface area contributed by atoms with Gasteiger partial charge in [-0.2, -0.15) is 0 Å². The summed E-state index contributed by atoms with van der Waals surface area (Å²) in [6.45, 7) is 2.93. The molecule has 1 saturated heterocycles. The number of ether oxygens (including phenoxy) is 1. The Kier molecular flexibility index (Phi) is 5.49. The predicted octanol–water partition coefficient (Wildman–Crippen LogP) is 2.23. The summed E-state index contributed by atoms with van der Waals surface area (Å²) < 4.78 is 18.8. The first-order chi connectivity index (χ1) is 10.5. The van der Waals surface area contributed by atoms with Gasteiger partial charge in [-0.15, -0.1) is 0 Å². The molecule has 1 fully saturated rings. The van der Waals surface area contributed by atoms with Crippen LogP contribution in [0.4, 0.5) is 4.39 Å². The fraction of sp³-hybridized carbons (Fsp3) is 0.500. The van der Waals surface area contributed by atoms with Gasteiger partial charge in [0.2, 0.25) is 0 Å². The van der Waals surface area contributed by atoms with E-state index in [-0.39, 0.29) is 30.5 Å². The molecular formula is C16H20FNO4. The minimum absolute atomic E-state index is 0.0656. The molecule has 1 aromatic rings. The van der Waals surface area contributed by atoms with Crippen LogP contribution < -0.4 is 0 Å². The average molecular weight is 309 g/mol. The fourth-order valence-electron chi connectivity index (χ4n) is 2.69. The van der Waals surface area contributed by atoms with Crippen molar-refractivity contribution in [3.63, 3.8) is 0 Å². The van der Waals surface area contributed by atoms with Gasteiger partial charge >= 0.3 is 5.97 Å². The van der Waals surface area contributed by atoms with Crippen molar-refractivity contribution in [1.29, 1.82) is 0 Å². The molecule has 22 heavy (non-hydrogen) atoms. The second kappa shape index (κ2) is 7.35. The molecule has 0 aliphatic carbocycles. The highest BCUT2D eigenvalue weighted by molar-refractivity contribution is 5.94. The lowest BCUT2D eigenvalue weighted by atomic mass is 10.0. The summed E-state index contributed by atoms with van der Waals surface area (Å²) in [6.07, 6.45) is 1.21. The number of carbonyl (C=O) groups excluding carboxylic acids is 1. The highest BCUT2D eigenvalue weighted by atomic mass is 19.1. The van der Waals surface area contributed by atoms with E-state index in [1.54, 1.807) is 17.9 Å². The van der Waals surface area contributed by atoms with Crippen LogP contribution in [0.1, 0.15) is 35.2 Å². The fourth-order valence-corrected chi connectivity index (χ4v) is 2.69. The van der Waals surface area contributed by atoms with E-state index in [4.69, 9.17) is 9.84 Å². The molecule has 6 heteroatoms. The van der Waals surface area contributed by atoms with Crippen LogP contribution in [0, 0.1) is 12.7 Å². The molecule has 0 aromatic heterocycles. The van der Waals surface area contributed by atoms with E-state index in [2.05, 4.69) is 0 Å². The summed E-state index contributed by atoms with van der Waals surface area (Å²) in [5.41, 5.74) is 0.919. The lowest BCUT2D eigenvalue weighted by Crippen LogP contribution is -2.44. The second-order valence-corrected chi connectivity index (χ2v) is 5.50. The third-order valence-electron chi connectivity index (χ3n) is 3.75. The maximum Gasteiger partial charge on any atom is 0.305 e. The summed E-state index contributed by atoms with van der Waals surface area (Å²) in [5.74, 6) is -1.75. The molecule has 2 rings (SSSR count). The van der Waals surface area contributed by atoms with Gasteiger partial charge in [-0.1, -0.05) is 0 Å². The van der Waals surface area contributed by atoms with Crippen molar-refractivity contribution < 1.29 is 23.8 Å². The zero-order chi connectivity index (χ0) is 16.1. The summed E-state index contributed by atoms with van der Waals surface area (Å²) >= 11 is 0. The molecular weight excluding hydrogens is 289 g/mol. The van der Waals surface area contributed by atoms with Gasteiger partial charge in [0.25, 0.3) is 5.91 Å². The highest BCUT2D eigenvalue weighted by Gasteiger charge is 2.27. The van der Waals surface area contributed by atoms with Crippen LogP contribution in [-0.2, 0) is 9.53 Å². The monoisotopic (exact) mass is 309 g/mol. The second-order valence-electron chi connectivity index (χ2n) is 5.50. The first-order valence-corrected chi connectivity index (χ1v) is 7.35. The molecule has 1 aromatic carbocycles. The van der Waals surface area contributed by atoms with Crippen molar-refractivity contribution in [2.45, 2.75) is 32.2 Å². The Morgan fingerprint density at radius 3 is 2.59 bits per heavy atom. The quantitative estimate of drug-likeness (QED) is 0.906. The Hall–Kier alpha value is -1.95. The zero-order valence-electron chi connectivity index (χ0n) is 12.5. The van der Waals surface area contributed by atoms with Gasteiger partial charge in [-0.25, -0.2) is 4.39 Å². The van der Waals surface area contributed by atoms with Gasteiger partial charge in [-0.05, 0) is 43.5 Å². The van der Waals surface area contributed by atoms with Crippen molar-refractivity contribution in [3.05, 3.63) is 35.1 Å². The molecule has 0 bridgehead atoms. The van der Waals surface area contributed by atoms with E-state index in [1.165, 1.54) is 12.1 Å². The minimum Gasteiger partial charge on any atom is -0.481 e. The van der Waals surface area contributed by atoms with Crippen LogP contribution in [0.25, 0.3) is 0 Å². The summed E-state index contributed by atoms with van der Waals surface area (Å²) in [5, 5.41) is 8.88. The Balaban J connectivity index is 2.21. The summed E-state index contributed by atoms with van der Waals surface area (Å²) in [4.78, 5) is 25.1. The number of carboxylic acid groups (broad SMARTS) is 1. The Bertz CT molecular complexity index is 535. The van der Waals surface area contributed by atoms with Crippen LogP contribution in [0.3, 0.4) is 0 Å². The number of nitrogens with zero attached hydrogens (tertiary/aromatic N) is 1. The average Bonchev–Trinajstić information content (AvgIpc) is 2.47. The van der Waals surface area contributed by atoms with Gasteiger partial charge < -0.3 is 14.7 Å². The smallest absolute Gasteiger partial charge is 0.305 e. The molecule has 1 amide bonds. The van der Waals surface area contributed by atoms with Gasteiger partial charge in [-0.3, -0.25) is 9.59 Å². The molecule has 0 saturated carbocycles. The lowest BCUT2D eigenvalue weighted by molar-refractivity contribution is -0.137. The number of rotatable bonds is 5. The van der Waals surface area contributed by atoms with Crippen LogP contribution in [0.15, 0.2) is 18.2 Å². The standard InChI is InChI=1S/C16H20FNO4/c1-11-8-12(10-13(17)9-11)16(21)18(5-2-15(19)20)14-3-6-22-7-4-14/h8-10,14H,2-7H2,1H3,(H,19,20). The Morgan fingerprint density at radius 1 is 1.32 bits per heavy atom. The van der Waals surface area contributed by atoms with Crippen molar-refractivity contribution in [2.24, 2.45) is 0 Å². The maximum absolute atomic E-state index is 13.5.